The third kappa shape index (κ3) is 1.95. The first-order valence-corrected chi connectivity index (χ1v) is 5.33. The van der Waals surface area contributed by atoms with Crippen LogP contribution in [0, 0.1) is 6.92 Å². The highest BCUT2D eigenvalue weighted by Crippen LogP contribution is 2.32. The Labute approximate surface area is 104 Å². The zero-order valence-electron chi connectivity index (χ0n) is 10.4. The van der Waals surface area contributed by atoms with E-state index in [0.717, 1.165) is 0 Å². The van der Waals surface area contributed by atoms with Gasteiger partial charge in [-0.2, -0.15) is 0 Å². The quantitative estimate of drug-likeness (QED) is 0.900. The maximum Gasteiger partial charge on any atom is 0.336 e. The number of methoxy groups -OCH3 is 2. The molecular formula is C13H13NO4. The van der Waals surface area contributed by atoms with E-state index in [0.29, 0.717) is 28.1 Å². The van der Waals surface area contributed by atoms with Gasteiger partial charge in [0.05, 0.1) is 19.8 Å². The number of rotatable bonds is 3. The van der Waals surface area contributed by atoms with Crippen molar-refractivity contribution in [3.05, 3.63) is 29.5 Å². The molecule has 0 saturated carbocycles. The largest absolute Gasteiger partial charge is 0.497 e. The zero-order chi connectivity index (χ0) is 13.3. The van der Waals surface area contributed by atoms with Crippen molar-refractivity contribution in [2.75, 3.05) is 14.2 Å². The number of pyridine rings is 1. The second-order valence-corrected chi connectivity index (χ2v) is 3.84. The minimum Gasteiger partial charge on any atom is -0.497 e. The van der Waals surface area contributed by atoms with E-state index in [4.69, 9.17) is 9.47 Å². The van der Waals surface area contributed by atoms with Gasteiger partial charge in [0.2, 0.25) is 0 Å². The van der Waals surface area contributed by atoms with Gasteiger partial charge in [-0.05, 0) is 19.1 Å². The summed E-state index contributed by atoms with van der Waals surface area (Å²) in [6.07, 6.45) is 0. The first kappa shape index (κ1) is 12.2. The first-order valence-electron chi connectivity index (χ1n) is 5.33. The van der Waals surface area contributed by atoms with E-state index in [1.54, 1.807) is 19.1 Å². The second kappa shape index (κ2) is 4.52. The van der Waals surface area contributed by atoms with E-state index in [-0.39, 0.29) is 5.56 Å². The predicted octanol–water partition coefficient (Wildman–Crippen LogP) is 2.26. The molecule has 18 heavy (non-hydrogen) atoms. The van der Waals surface area contributed by atoms with Crippen LogP contribution in [-0.4, -0.2) is 30.3 Å². The lowest BCUT2D eigenvalue weighted by molar-refractivity contribution is 0.0699. The van der Waals surface area contributed by atoms with Crippen molar-refractivity contribution in [3.8, 4) is 11.5 Å². The summed E-state index contributed by atoms with van der Waals surface area (Å²) in [7, 11) is 3.03. The molecule has 1 aromatic carbocycles. The van der Waals surface area contributed by atoms with Gasteiger partial charge in [0.25, 0.3) is 0 Å². The minimum atomic E-state index is -0.999. The van der Waals surface area contributed by atoms with Crippen LogP contribution in [-0.2, 0) is 0 Å². The number of hydrogen-bond acceptors (Lipinski definition) is 4. The van der Waals surface area contributed by atoms with Crippen molar-refractivity contribution in [1.82, 2.24) is 4.98 Å². The first-order chi connectivity index (χ1) is 8.56. The Kier molecular flexibility index (Phi) is 3.06. The molecule has 2 aromatic rings. The molecule has 0 aliphatic rings. The molecule has 0 aliphatic carbocycles. The predicted molar refractivity (Wildman–Crippen MR) is 66.5 cm³/mol. The Morgan fingerprint density at radius 3 is 2.50 bits per heavy atom. The smallest absolute Gasteiger partial charge is 0.336 e. The summed E-state index contributed by atoms with van der Waals surface area (Å²) >= 11 is 0. The molecule has 1 heterocycles. The van der Waals surface area contributed by atoms with E-state index < -0.39 is 5.97 Å². The topological polar surface area (TPSA) is 68.7 Å². The van der Waals surface area contributed by atoms with Gasteiger partial charge < -0.3 is 14.6 Å². The van der Waals surface area contributed by atoms with Crippen LogP contribution < -0.4 is 9.47 Å². The second-order valence-electron chi connectivity index (χ2n) is 3.84. The highest BCUT2D eigenvalue weighted by molar-refractivity contribution is 6.04. The molecule has 0 atom stereocenters. The number of benzene rings is 1. The van der Waals surface area contributed by atoms with Gasteiger partial charge in [-0.25, -0.2) is 9.78 Å². The average Bonchev–Trinajstić information content (AvgIpc) is 2.36. The van der Waals surface area contributed by atoms with E-state index in [9.17, 15) is 9.90 Å². The number of fused-ring (bicyclic) bond motifs is 1. The summed E-state index contributed by atoms with van der Waals surface area (Å²) in [6.45, 7) is 1.75. The van der Waals surface area contributed by atoms with Crippen molar-refractivity contribution in [1.29, 1.82) is 0 Å². The molecular weight excluding hydrogens is 234 g/mol. The van der Waals surface area contributed by atoms with Crippen molar-refractivity contribution in [3.63, 3.8) is 0 Å². The van der Waals surface area contributed by atoms with Gasteiger partial charge in [0.1, 0.15) is 17.0 Å². The SMILES string of the molecule is COc1cc(OC)c2nc(C)cc(C(=O)O)c2c1. The number of nitrogens with zero attached hydrogens (tertiary/aromatic N) is 1. The van der Waals surface area contributed by atoms with E-state index in [1.165, 1.54) is 20.3 Å². The Morgan fingerprint density at radius 2 is 1.94 bits per heavy atom. The zero-order valence-corrected chi connectivity index (χ0v) is 10.4. The van der Waals surface area contributed by atoms with Crippen LogP contribution in [0.25, 0.3) is 10.9 Å². The van der Waals surface area contributed by atoms with Crippen LogP contribution in [0.5, 0.6) is 11.5 Å². The van der Waals surface area contributed by atoms with E-state index in [2.05, 4.69) is 4.98 Å². The number of ether oxygens (including phenoxy) is 2. The number of aromatic carboxylic acids is 1. The van der Waals surface area contributed by atoms with Crippen molar-refractivity contribution in [2.45, 2.75) is 6.92 Å². The molecule has 0 unspecified atom stereocenters. The third-order valence-electron chi connectivity index (χ3n) is 2.67. The molecule has 0 radical (unpaired) electrons. The maximum atomic E-state index is 11.3. The summed E-state index contributed by atoms with van der Waals surface area (Å²) in [5.74, 6) is 0.0314. The lowest BCUT2D eigenvalue weighted by Gasteiger charge is -2.10. The van der Waals surface area contributed by atoms with Gasteiger partial charge in [-0.1, -0.05) is 0 Å². The number of hydrogen-bond donors (Lipinski definition) is 1. The van der Waals surface area contributed by atoms with Crippen molar-refractivity contribution < 1.29 is 19.4 Å². The van der Waals surface area contributed by atoms with Gasteiger partial charge in [0.15, 0.2) is 0 Å². The van der Waals surface area contributed by atoms with Gasteiger partial charge in [-0.15, -0.1) is 0 Å². The van der Waals surface area contributed by atoms with Crippen LogP contribution in [0.15, 0.2) is 18.2 Å². The van der Waals surface area contributed by atoms with Crippen LogP contribution in [0.3, 0.4) is 0 Å². The highest BCUT2D eigenvalue weighted by atomic mass is 16.5. The van der Waals surface area contributed by atoms with Crippen molar-refractivity contribution >= 4 is 16.9 Å². The molecule has 1 N–H and O–H groups in total. The normalized spacial score (nSPS) is 10.4. The molecule has 5 nitrogen and oxygen atoms in total. The number of aryl methyl sites for hydroxylation is 1. The summed E-state index contributed by atoms with van der Waals surface area (Å²) in [6, 6.07) is 4.86. The molecule has 0 fully saturated rings. The fraction of sp³-hybridized carbons (Fsp3) is 0.231. The average molecular weight is 247 g/mol. The summed E-state index contributed by atoms with van der Waals surface area (Å²) in [5.41, 5.74) is 1.34. The Morgan fingerprint density at radius 1 is 1.22 bits per heavy atom. The van der Waals surface area contributed by atoms with Gasteiger partial charge in [0, 0.05) is 17.1 Å². The molecule has 0 amide bonds. The summed E-state index contributed by atoms with van der Waals surface area (Å²) in [5, 5.41) is 9.73. The lowest BCUT2D eigenvalue weighted by atomic mass is 10.1. The molecule has 0 bridgehead atoms. The molecule has 0 aliphatic heterocycles. The third-order valence-corrected chi connectivity index (χ3v) is 2.67. The van der Waals surface area contributed by atoms with E-state index >= 15 is 0 Å². The molecule has 1 aromatic heterocycles. The lowest BCUT2D eigenvalue weighted by Crippen LogP contribution is -2.01. The minimum absolute atomic E-state index is 0.190. The molecule has 2 rings (SSSR count). The standard InChI is InChI=1S/C13H13NO4/c1-7-4-10(13(15)16)9-5-8(17-2)6-11(18-3)12(9)14-7/h4-6H,1-3H3,(H,15,16). The number of carboxylic acid groups (broad SMARTS) is 1. The molecule has 94 valence electrons. The molecule has 0 spiro atoms. The Hall–Kier alpha value is -2.30. The Bertz CT molecular complexity index is 622. The fourth-order valence-electron chi connectivity index (χ4n) is 1.85. The highest BCUT2D eigenvalue weighted by Gasteiger charge is 2.15. The summed E-state index contributed by atoms with van der Waals surface area (Å²) in [4.78, 5) is 15.6. The van der Waals surface area contributed by atoms with Gasteiger partial charge >= 0.3 is 5.97 Å². The van der Waals surface area contributed by atoms with Crippen LogP contribution in [0.2, 0.25) is 0 Å². The van der Waals surface area contributed by atoms with Gasteiger partial charge in [-0.3, -0.25) is 0 Å². The maximum absolute atomic E-state index is 11.3. The van der Waals surface area contributed by atoms with Crippen LogP contribution in [0.4, 0.5) is 0 Å². The fourth-order valence-corrected chi connectivity index (χ4v) is 1.85. The van der Waals surface area contributed by atoms with Crippen molar-refractivity contribution in [2.24, 2.45) is 0 Å². The number of carbonyl (C=O) groups is 1. The number of carboxylic acids is 1. The summed E-state index contributed by atoms with van der Waals surface area (Å²) < 4.78 is 10.4. The van der Waals surface area contributed by atoms with Crippen LogP contribution >= 0.6 is 0 Å². The Balaban J connectivity index is 2.89. The van der Waals surface area contributed by atoms with Crippen LogP contribution in [0.1, 0.15) is 16.1 Å². The van der Waals surface area contributed by atoms with E-state index in [1.807, 2.05) is 0 Å². The molecule has 0 saturated heterocycles. The molecule has 5 heteroatoms. The number of aromatic nitrogens is 1. The monoisotopic (exact) mass is 247 g/mol.